The van der Waals surface area contributed by atoms with E-state index in [1.54, 1.807) is 0 Å². The topological polar surface area (TPSA) is 42.0 Å². The molecular weight excluding hydrogens is 281 g/mol. The van der Waals surface area contributed by atoms with Crippen LogP contribution in [0.5, 0.6) is 0 Å². The highest BCUT2D eigenvalue weighted by molar-refractivity contribution is 5.89. The van der Waals surface area contributed by atoms with Gasteiger partial charge in [-0.05, 0) is 24.1 Å². The fourth-order valence-electron chi connectivity index (χ4n) is 1.74. The van der Waals surface area contributed by atoms with Gasteiger partial charge in [0.2, 0.25) is 5.91 Å². The normalized spacial score (nSPS) is 11.2. The van der Waals surface area contributed by atoms with Crippen LogP contribution in [0.1, 0.15) is 17.5 Å². The summed E-state index contributed by atoms with van der Waals surface area (Å²) in [6, 6.07) is 11.5. The smallest absolute Gasteiger partial charge is 0.311 e. The van der Waals surface area contributed by atoms with Gasteiger partial charge in [-0.25, -0.2) is 4.98 Å². The van der Waals surface area contributed by atoms with Crippen LogP contribution in [0.3, 0.4) is 0 Å². The van der Waals surface area contributed by atoms with Gasteiger partial charge in [-0.1, -0.05) is 30.3 Å². The Labute approximate surface area is 119 Å². The standard InChI is InChI=1S/C15H13F3N2O/c16-15(17,18)12-7-8-13(19-10-12)20-14(21)9-6-11-4-2-1-3-5-11/h1-5,7-8,10H,6,9H2,(H,19,20,21). The lowest BCUT2D eigenvalue weighted by atomic mass is 10.1. The van der Waals surface area contributed by atoms with Crippen LogP contribution in [0.2, 0.25) is 0 Å². The van der Waals surface area contributed by atoms with Gasteiger partial charge in [-0.15, -0.1) is 0 Å². The molecule has 1 amide bonds. The number of alkyl halides is 3. The second kappa shape index (κ2) is 6.39. The summed E-state index contributed by atoms with van der Waals surface area (Å²) in [5.41, 5.74) is 0.179. The first-order chi connectivity index (χ1) is 9.95. The maximum absolute atomic E-state index is 12.4. The highest BCUT2D eigenvalue weighted by atomic mass is 19.4. The van der Waals surface area contributed by atoms with Crippen molar-refractivity contribution in [3.8, 4) is 0 Å². The van der Waals surface area contributed by atoms with Crippen molar-refractivity contribution in [3.63, 3.8) is 0 Å². The number of carbonyl (C=O) groups excluding carboxylic acids is 1. The van der Waals surface area contributed by atoms with E-state index >= 15 is 0 Å². The van der Waals surface area contributed by atoms with Gasteiger partial charge in [0.1, 0.15) is 5.82 Å². The molecular formula is C15H13F3N2O. The van der Waals surface area contributed by atoms with Crippen molar-refractivity contribution < 1.29 is 18.0 Å². The van der Waals surface area contributed by atoms with E-state index in [0.717, 1.165) is 17.7 Å². The Balaban J connectivity index is 1.88. The van der Waals surface area contributed by atoms with Gasteiger partial charge >= 0.3 is 6.18 Å². The van der Waals surface area contributed by atoms with E-state index in [1.165, 1.54) is 0 Å². The van der Waals surface area contributed by atoms with Crippen molar-refractivity contribution in [1.82, 2.24) is 4.98 Å². The largest absolute Gasteiger partial charge is 0.417 e. The summed E-state index contributed by atoms with van der Waals surface area (Å²) in [5.74, 6) is -0.174. The van der Waals surface area contributed by atoms with Crippen LogP contribution in [0, 0.1) is 0 Å². The van der Waals surface area contributed by atoms with Crippen molar-refractivity contribution in [1.29, 1.82) is 0 Å². The van der Waals surface area contributed by atoms with E-state index in [4.69, 9.17) is 0 Å². The molecule has 0 spiro atoms. The summed E-state index contributed by atoms with van der Waals surface area (Å²) in [5, 5.41) is 2.47. The number of aryl methyl sites for hydroxylation is 1. The van der Waals surface area contributed by atoms with E-state index in [0.29, 0.717) is 12.6 Å². The van der Waals surface area contributed by atoms with Gasteiger partial charge in [-0.3, -0.25) is 4.79 Å². The number of anilines is 1. The van der Waals surface area contributed by atoms with Crippen molar-refractivity contribution in [2.75, 3.05) is 5.32 Å². The zero-order valence-electron chi connectivity index (χ0n) is 11.0. The number of hydrogen-bond donors (Lipinski definition) is 1. The quantitative estimate of drug-likeness (QED) is 0.934. The molecule has 1 aromatic carbocycles. The highest BCUT2D eigenvalue weighted by Crippen LogP contribution is 2.28. The number of pyridine rings is 1. The lowest BCUT2D eigenvalue weighted by Crippen LogP contribution is -2.14. The van der Waals surface area contributed by atoms with Crippen LogP contribution < -0.4 is 5.32 Å². The highest BCUT2D eigenvalue weighted by Gasteiger charge is 2.30. The molecule has 0 aliphatic rings. The molecule has 0 unspecified atom stereocenters. The maximum Gasteiger partial charge on any atom is 0.417 e. The number of rotatable bonds is 4. The SMILES string of the molecule is O=C(CCc1ccccc1)Nc1ccc(C(F)(F)F)cn1. The molecule has 110 valence electrons. The average molecular weight is 294 g/mol. The van der Waals surface area contributed by atoms with E-state index in [2.05, 4.69) is 10.3 Å². The first kappa shape index (κ1) is 15.0. The molecule has 0 radical (unpaired) electrons. The molecule has 1 aromatic heterocycles. The van der Waals surface area contributed by atoms with E-state index in [1.807, 2.05) is 30.3 Å². The fraction of sp³-hybridized carbons (Fsp3) is 0.200. The number of halogens is 3. The molecule has 0 bridgehead atoms. The predicted molar refractivity (Wildman–Crippen MR) is 72.6 cm³/mol. The zero-order chi connectivity index (χ0) is 15.3. The Morgan fingerprint density at radius 1 is 1.10 bits per heavy atom. The minimum atomic E-state index is -4.43. The average Bonchev–Trinajstić information content (AvgIpc) is 2.46. The summed E-state index contributed by atoms with van der Waals surface area (Å²) in [4.78, 5) is 15.3. The number of amides is 1. The number of benzene rings is 1. The van der Waals surface area contributed by atoms with E-state index in [-0.39, 0.29) is 18.1 Å². The monoisotopic (exact) mass is 294 g/mol. The summed E-state index contributed by atoms with van der Waals surface area (Å²) in [7, 11) is 0. The Kier molecular flexibility index (Phi) is 4.57. The van der Waals surface area contributed by atoms with Gasteiger partial charge in [-0.2, -0.15) is 13.2 Å². The molecule has 2 rings (SSSR count). The molecule has 1 heterocycles. The van der Waals surface area contributed by atoms with Crippen LogP contribution in [-0.2, 0) is 17.4 Å². The van der Waals surface area contributed by atoms with Crippen LogP contribution in [0.15, 0.2) is 48.7 Å². The van der Waals surface area contributed by atoms with Crippen molar-refractivity contribution in [2.45, 2.75) is 19.0 Å². The third-order valence-corrected chi connectivity index (χ3v) is 2.84. The van der Waals surface area contributed by atoms with Crippen LogP contribution >= 0.6 is 0 Å². The molecule has 0 aliphatic heterocycles. The molecule has 6 heteroatoms. The number of hydrogen-bond acceptors (Lipinski definition) is 2. The van der Waals surface area contributed by atoms with E-state index < -0.39 is 11.7 Å². The van der Waals surface area contributed by atoms with Crippen molar-refractivity contribution in [3.05, 3.63) is 59.8 Å². The van der Waals surface area contributed by atoms with Crippen molar-refractivity contribution in [2.24, 2.45) is 0 Å². The predicted octanol–water partition coefficient (Wildman–Crippen LogP) is 3.67. The third kappa shape index (κ3) is 4.59. The lowest BCUT2D eigenvalue weighted by molar-refractivity contribution is -0.137. The second-order valence-electron chi connectivity index (χ2n) is 4.46. The Morgan fingerprint density at radius 3 is 2.38 bits per heavy atom. The van der Waals surface area contributed by atoms with Gasteiger partial charge in [0, 0.05) is 12.6 Å². The summed E-state index contributed by atoms with van der Waals surface area (Å²) < 4.78 is 37.1. The Hall–Kier alpha value is -2.37. The fourth-order valence-corrected chi connectivity index (χ4v) is 1.74. The molecule has 0 saturated carbocycles. The molecule has 3 nitrogen and oxygen atoms in total. The van der Waals surface area contributed by atoms with Gasteiger partial charge in [0.25, 0.3) is 0 Å². The Bertz CT molecular complexity index is 595. The molecule has 21 heavy (non-hydrogen) atoms. The summed E-state index contributed by atoms with van der Waals surface area (Å²) in [6.45, 7) is 0. The Morgan fingerprint density at radius 2 is 1.81 bits per heavy atom. The van der Waals surface area contributed by atoms with E-state index in [9.17, 15) is 18.0 Å². The minimum absolute atomic E-state index is 0.112. The molecule has 0 saturated heterocycles. The van der Waals surface area contributed by atoms with Crippen LogP contribution in [-0.4, -0.2) is 10.9 Å². The lowest BCUT2D eigenvalue weighted by Gasteiger charge is -2.08. The molecule has 1 N–H and O–H groups in total. The zero-order valence-corrected chi connectivity index (χ0v) is 11.0. The molecule has 0 fully saturated rings. The second-order valence-corrected chi connectivity index (χ2v) is 4.46. The summed E-state index contributed by atoms with van der Waals surface area (Å²) >= 11 is 0. The maximum atomic E-state index is 12.4. The van der Waals surface area contributed by atoms with Gasteiger partial charge < -0.3 is 5.32 Å². The van der Waals surface area contributed by atoms with Gasteiger partial charge in [0.15, 0.2) is 0 Å². The van der Waals surface area contributed by atoms with Crippen LogP contribution in [0.4, 0.5) is 19.0 Å². The number of carbonyl (C=O) groups is 1. The summed E-state index contributed by atoms with van der Waals surface area (Å²) in [6.07, 6.45) is -2.92. The molecule has 0 aliphatic carbocycles. The minimum Gasteiger partial charge on any atom is -0.311 e. The molecule has 2 aromatic rings. The number of aromatic nitrogens is 1. The van der Waals surface area contributed by atoms with Crippen molar-refractivity contribution >= 4 is 11.7 Å². The number of nitrogens with zero attached hydrogens (tertiary/aromatic N) is 1. The third-order valence-electron chi connectivity index (χ3n) is 2.84. The first-order valence-electron chi connectivity index (χ1n) is 6.32. The van der Waals surface area contributed by atoms with Gasteiger partial charge in [0.05, 0.1) is 5.56 Å². The first-order valence-corrected chi connectivity index (χ1v) is 6.32. The van der Waals surface area contributed by atoms with Crippen LogP contribution in [0.25, 0.3) is 0 Å². The molecule has 0 atom stereocenters. The number of nitrogens with one attached hydrogen (secondary N) is 1.